The van der Waals surface area contributed by atoms with Crippen molar-refractivity contribution in [3.8, 4) is 11.3 Å². The lowest BCUT2D eigenvalue weighted by Gasteiger charge is -2.12. The quantitative estimate of drug-likeness (QED) is 0.934. The zero-order chi connectivity index (χ0) is 15.0. The van der Waals surface area contributed by atoms with Crippen molar-refractivity contribution in [2.75, 3.05) is 6.61 Å². The molecule has 1 heterocycles. The molecule has 21 heavy (non-hydrogen) atoms. The van der Waals surface area contributed by atoms with Crippen molar-refractivity contribution in [1.82, 2.24) is 5.16 Å². The Morgan fingerprint density at radius 3 is 2.62 bits per heavy atom. The third-order valence-electron chi connectivity index (χ3n) is 3.59. The standard InChI is InChI=1S/C15H14F3NO2/c16-15(17,18)13-7-10(9-1-2-9)3-4-12(13)14-8-11(5-6-20)21-19-14/h3-4,7-9,20H,1-2,5-6H2. The number of hydrogen-bond donors (Lipinski definition) is 1. The molecular formula is C15H14F3NO2. The minimum absolute atomic E-state index is 0.0137. The molecule has 1 aliphatic rings. The van der Waals surface area contributed by atoms with E-state index >= 15 is 0 Å². The van der Waals surface area contributed by atoms with Crippen LogP contribution in [0, 0.1) is 0 Å². The lowest BCUT2D eigenvalue weighted by Crippen LogP contribution is -2.08. The first-order valence-electron chi connectivity index (χ1n) is 6.77. The summed E-state index contributed by atoms with van der Waals surface area (Å²) in [6.45, 7) is -0.138. The van der Waals surface area contributed by atoms with Crippen LogP contribution in [0.4, 0.5) is 13.2 Å². The number of aromatic nitrogens is 1. The van der Waals surface area contributed by atoms with Gasteiger partial charge in [-0.25, -0.2) is 0 Å². The molecule has 112 valence electrons. The predicted octanol–water partition coefficient (Wildman–Crippen LogP) is 3.77. The number of halogens is 3. The molecule has 1 aromatic heterocycles. The van der Waals surface area contributed by atoms with E-state index in [-0.39, 0.29) is 30.2 Å². The van der Waals surface area contributed by atoms with Crippen molar-refractivity contribution in [2.45, 2.75) is 31.4 Å². The summed E-state index contributed by atoms with van der Waals surface area (Å²) in [5, 5.41) is 12.5. The second-order valence-electron chi connectivity index (χ2n) is 5.23. The fourth-order valence-corrected chi connectivity index (χ4v) is 2.36. The van der Waals surface area contributed by atoms with Gasteiger partial charge in [0.2, 0.25) is 0 Å². The molecule has 1 fully saturated rings. The van der Waals surface area contributed by atoms with E-state index in [1.807, 2.05) is 0 Å². The van der Waals surface area contributed by atoms with Crippen LogP contribution in [0.1, 0.15) is 35.6 Å². The first-order chi connectivity index (χ1) is 9.99. The smallest absolute Gasteiger partial charge is 0.396 e. The van der Waals surface area contributed by atoms with Gasteiger partial charge in [-0.2, -0.15) is 13.2 Å². The van der Waals surface area contributed by atoms with Crippen LogP contribution >= 0.6 is 0 Å². The normalized spacial score (nSPS) is 15.4. The average Bonchev–Trinajstić information content (AvgIpc) is 3.18. The van der Waals surface area contributed by atoms with Gasteiger partial charge in [0.25, 0.3) is 0 Å². The van der Waals surface area contributed by atoms with E-state index in [4.69, 9.17) is 9.63 Å². The van der Waals surface area contributed by atoms with E-state index in [1.165, 1.54) is 18.2 Å². The van der Waals surface area contributed by atoms with Gasteiger partial charge in [0.15, 0.2) is 0 Å². The highest BCUT2D eigenvalue weighted by atomic mass is 19.4. The maximum absolute atomic E-state index is 13.3. The first kappa shape index (κ1) is 14.1. The monoisotopic (exact) mass is 297 g/mol. The molecule has 0 unspecified atom stereocenters. The third kappa shape index (κ3) is 2.95. The Labute approximate surface area is 119 Å². The zero-order valence-electron chi connectivity index (χ0n) is 11.2. The van der Waals surface area contributed by atoms with E-state index in [0.717, 1.165) is 18.4 Å². The second kappa shape index (κ2) is 5.18. The summed E-state index contributed by atoms with van der Waals surface area (Å²) in [5.41, 5.74) is 0.203. The highest BCUT2D eigenvalue weighted by Crippen LogP contribution is 2.44. The van der Waals surface area contributed by atoms with E-state index in [0.29, 0.717) is 5.76 Å². The van der Waals surface area contributed by atoms with Crippen molar-refractivity contribution in [2.24, 2.45) is 0 Å². The fraction of sp³-hybridized carbons (Fsp3) is 0.400. The van der Waals surface area contributed by atoms with Gasteiger partial charge in [-0.3, -0.25) is 0 Å². The number of hydrogen-bond acceptors (Lipinski definition) is 3. The van der Waals surface area contributed by atoms with Crippen molar-refractivity contribution >= 4 is 0 Å². The van der Waals surface area contributed by atoms with Crippen LogP contribution in [0.5, 0.6) is 0 Å². The number of aliphatic hydroxyl groups excluding tert-OH is 1. The molecule has 1 saturated carbocycles. The zero-order valence-corrected chi connectivity index (χ0v) is 11.2. The summed E-state index contributed by atoms with van der Waals surface area (Å²) in [4.78, 5) is 0. The van der Waals surface area contributed by atoms with Gasteiger partial charge in [0.05, 0.1) is 12.2 Å². The molecule has 0 bridgehead atoms. The van der Waals surface area contributed by atoms with Gasteiger partial charge in [0, 0.05) is 18.1 Å². The fourth-order valence-electron chi connectivity index (χ4n) is 2.36. The van der Waals surface area contributed by atoms with Crippen LogP contribution in [0.2, 0.25) is 0 Å². The van der Waals surface area contributed by atoms with E-state index in [9.17, 15) is 13.2 Å². The number of rotatable bonds is 4. The first-order valence-corrected chi connectivity index (χ1v) is 6.77. The number of nitrogens with zero attached hydrogens (tertiary/aromatic N) is 1. The highest BCUT2D eigenvalue weighted by molar-refractivity contribution is 5.65. The summed E-state index contributed by atoms with van der Waals surface area (Å²) in [5.74, 6) is 0.620. The summed E-state index contributed by atoms with van der Waals surface area (Å²) < 4.78 is 44.7. The average molecular weight is 297 g/mol. The molecule has 2 aromatic rings. The summed E-state index contributed by atoms with van der Waals surface area (Å²) >= 11 is 0. The van der Waals surface area contributed by atoms with Crippen molar-refractivity contribution in [3.05, 3.63) is 41.2 Å². The maximum atomic E-state index is 13.3. The Morgan fingerprint density at radius 1 is 1.24 bits per heavy atom. The van der Waals surface area contributed by atoms with Gasteiger partial charge in [-0.15, -0.1) is 0 Å². The molecule has 3 nitrogen and oxygen atoms in total. The topological polar surface area (TPSA) is 46.3 Å². The molecular weight excluding hydrogens is 283 g/mol. The van der Waals surface area contributed by atoms with E-state index < -0.39 is 11.7 Å². The Hall–Kier alpha value is -1.82. The Balaban J connectivity index is 2.03. The number of alkyl halides is 3. The van der Waals surface area contributed by atoms with Crippen LogP contribution < -0.4 is 0 Å². The summed E-state index contributed by atoms with van der Waals surface area (Å²) in [6.07, 6.45) is -2.31. The van der Waals surface area contributed by atoms with Crippen LogP contribution in [-0.2, 0) is 12.6 Å². The third-order valence-corrected chi connectivity index (χ3v) is 3.59. The molecule has 0 radical (unpaired) electrons. The molecule has 0 amide bonds. The SMILES string of the molecule is OCCc1cc(-c2ccc(C3CC3)cc2C(F)(F)F)no1. The largest absolute Gasteiger partial charge is 0.417 e. The van der Waals surface area contributed by atoms with Crippen molar-refractivity contribution in [1.29, 1.82) is 0 Å². The molecule has 0 atom stereocenters. The summed E-state index contributed by atoms with van der Waals surface area (Å²) in [6, 6.07) is 5.84. The molecule has 1 N–H and O–H groups in total. The predicted molar refractivity (Wildman–Crippen MR) is 69.7 cm³/mol. The number of aliphatic hydroxyl groups is 1. The van der Waals surface area contributed by atoms with Crippen molar-refractivity contribution < 1.29 is 22.8 Å². The summed E-state index contributed by atoms with van der Waals surface area (Å²) in [7, 11) is 0. The van der Waals surface area contributed by atoms with Gasteiger partial charge in [0.1, 0.15) is 11.5 Å². The minimum Gasteiger partial charge on any atom is -0.396 e. The molecule has 6 heteroatoms. The Bertz CT molecular complexity index is 645. The second-order valence-corrected chi connectivity index (χ2v) is 5.23. The van der Waals surface area contributed by atoms with Gasteiger partial charge >= 0.3 is 6.18 Å². The van der Waals surface area contributed by atoms with E-state index in [2.05, 4.69) is 5.16 Å². The molecule has 1 aromatic carbocycles. The Kier molecular flexibility index (Phi) is 3.49. The lowest BCUT2D eigenvalue weighted by molar-refractivity contribution is -0.137. The van der Waals surface area contributed by atoms with Crippen LogP contribution in [-0.4, -0.2) is 16.9 Å². The molecule has 1 aliphatic carbocycles. The Morgan fingerprint density at radius 2 is 2.00 bits per heavy atom. The van der Waals surface area contributed by atoms with E-state index in [1.54, 1.807) is 6.07 Å². The van der Waals surface area contributed by atoms with Crippen LogP contribution in [0.25, 0.3) is 11.3 Å². The number of benzene rings is 1. The minimum atomic E-state index is -4.43. The van der Waals surface area contributed by atoms with Gasteiger partial charge in [-0.05, 0) is 30.4 Å². The van der Waals surface area contributed by atoms with Gasteiger partial charge < -0.3 is 9.63 Å². The lowest BCUT2D eigenvalue weighted by atomic mass is 9.98. The molecule has 0 spiro atoms. The maximum Gasteiger partial charge on any atom is 0.417 e. The van der Waals surface area contributed by atoms with Gasteiger partial charge in [-0.1, -0.05) is 17.3 Å². The van der Waals surface area contributed by atoms with Crippen molar-refractivity contribution in [3.63, 3.8) is 0 Å². The molecule has 0 saturated heterocycles. The van der Waals surface area contributed by atoms with Crippen LogP contribution in [0.3, 0.4) is 0 Å². The van der Waals surface area contributed by atoms with Crippen LogP contribution in [0.15, 0.2) is 28.8 Å². The highest BCUT2D eigenvalue weighted by Gasteiger charge is 2.36. The molecule has 3 rings (SSSR count). The molecule has 0 aliphatic heterocycles.